The van der Waals surface area contributed by atoms with Gasteiger partial charge in [-0.05, 0) is 65.7 Å². The van der Waals surface area contributed by atoms with Gasteiger partial charge in [0.25, 0.3) is 5.91 Å². The van der Waals surface area contributed by atoms with Gasteiger partial charge in [-0.15, -0.1) is 11.3 Å². The van der Waals surface area contributed by atoms with E-state index in [1.165, 1.54) is 29.1 Å². The molecule has 1 atom stereocenters. The molecule has 0 spiro atoms. The smallest absolute Gasteiger partial charge is 0.254 e. The van der Waals surface area contributed by atoms with Crippen LogP contribution in [0.3, 0.4) is 0 Å². The molecule has 2 amide bonds. The molecule has 0 radical (unpaired) electrons. The van der Waals surface area contributed by atoms with Gasteiger partial charge in [-0.1, -0.05) is 19.9 Å². The van der Waals surface area contributed by atoms with Crippen LogP contribution in [0.15, 0.2) is 60.0 Å². The fraction of sp³-hybridized carbons (Fsp3) is 0.357. The van der Waals surface area contributed by atoms with E-state index in [1.54, 1.807) is 23.3 Å². The van der Waals surface area contributed by atoms with Gasteiger partial charge in [0.1, 0.15) is 30.5 Å². The van der Waals surface area contributed by atoms with E-state index in [1.807, 2.05) is 48.4 Å². The first kappa shape index (κ1) is 25.7. The highest BCUT2D eigenvalue weighted by Crippen LogP contribution is 2.34. The number of amides is 2. The molecule has 1 aliphatic heterocycles. The molecule has 1 unspecified atom stereocenters. The number of methoxy groups -OCH3 is 1. The second-order valence-electron chi connectivity index (χ2n) is 9.23. The molecule has 0 fully saturated rings. The van der Waals surface area contributed by atoms with Crippen molar-refractivity contribution in [1.29, 1.82) is 0 Å². The van der Waals surface area contributed by atoms with Crippen molar-refractivity contribution in [3.05, 3.63) is 81.8 Å². The topological polar surface area (TPSA) is 59.1 Å². The SMILES string of the molecule is COc1cccc(OCC2c3ccsc3CCN2C(=O)CN(CC(C)C)C(=O)c2ccc(F)cc2)c1. The molecule has 3 aromatic rings. The Kier molecular flexibility index (Phi) is 8.25. The van der Waals surface area contributed by atoms with E-state index in [2.05, 4.69) is 6.07 Å². The number of rotatable bonds is 9. The van der Waals surface area contributed by atoms with E-state index in [4.69, 9.17) is 9.47 Å². The first-order valence-corrected chi connectivity index (χ1v) is 12.9. The number of halogens is 1. The van der Waals surface area contributed by atoms with Crippen molar-refractivity contribution in [2.75, 3.05) is 33.4 Å². The van der Waals surface area contributed by atoms with E-state index < -0.39 is 5.82 Å². The lowest BCUT2D eigenvalue weighted by Gasteiger charge is -2.37. The van der Waals surface area contributed by atoms with Crippen molar-refractivity contribution < 1.29 is 23.5 Å². The normalized spacial score (nSPS) is 14.9. The molecule has 0 saturated carbocycles. The van der Waals surface area contributed by atoms with E-state index in [-0.39, 0.29) is 30.3 Å². The molecule has 0 aliphatic carbocycles. The fourth-order valence-electron chi connectivity index (χ4n) is 4.43. The molecule has 0 bridgehead atoms. The Labute approximate surface area is 215 Å². The van der Waals surface area contributed by atoms with E-state index in [9.17, 15) is 14.0 Å². The second kappa shape index (κ2) is 11.6. The summed E-state index contributed by atoms with van der Waals surface area (Å²) in [5, 5.41) is 2.04. The first-order valence-electron chi connectivity index (χ1n) is 12.0. The fourth-order valence-corrected chi connectivity index (χ4v) is 5.36. The van der Waals surface area contributed by atoms with Crippen LogP contribution in [0, 0.1) is 11.7 Å². The number of carbonyl (C=O) groups is 2. The van der Waals surface area contributed by atoms with Gasteiger partial charge in [0.15, 0.2) is 0 Å². The quantitative estimate of drug-likeness (QED) is 0.397. The molecule has 2 aromatic carbocycles. The average Bonchev–Trinajstić information content (AvgIpc) is 3.36. The molecule has 36 heavy (non-hydrogen) atoms. The molecule has 0 N–H and O–H groups in total. The largest absolute Gasteiger partial charge is 0.497 e. The number of nitrogens with zero attached hydrogens (tertiary/aromatic N) is 2. The average molecular weight is 511 g/mol. The van der Waals surface area contributed by atoms with Crippen LogP contribution in [-0.2, 0) is 11.2 Å². The predicted molar refractivity (Wildman–Crippen MR) is 138 cm³/mol. The number of benzene rings is 2. The number of hydrogen-bond acceptors (Lipinski definition) is 5. The summed E-state index contributed by atoms with van der Waals surface area (Å²) in [6, 6.07) is 14.6. The van der Waals surface area contributed by atoms with E-state index in [0.29, 0.717) is 36.8 Å². The van der Waals surface area contributed by atoms with Crippen LogP contribution in [0.2, 0.25) is 0 Å². The maximum absolute atomic E-state index is 13.6. The molecule has 1 aliphatic rings. The van der Waals surface area contributed by atoms with Crippen molar-refractivity contribution in [3.63, 3.8) is 0 Å². The second-order valence-corrected chi connectivity index (χ2v) is 10.2. The lowest BCUT2D eigenvalue weighted by molar-refractivity contribution is -0.135. The number of hydrogen-bond donors (Lipinski definition) is 0. The van der Waals surface area contributed by atoms with Crippen LogP contribution >= 0.6 is 11.3 Å². The van der Waals surface area contributed by atoms with Crippen molar-refractivity contribution >= 4 is 23.2 Å². The highest BCUT2D eigenvalue weighted by molar-refractivity contribution is 7.10. The van der Waals surface area contributed by atoms with E-state index >= 15 is 0 Å². The van der Waals surface area contributed by atoms with Crippen LogP contribution in [-0.4, -0.2) is 55.0 Å². The molecular formula is C28H31FN2O4S. The highest BCUT2D eigenvalue weighted by Gasteiger charge is 2.33. The summed E-state index contributed by atoms with van der Waals surface area (Å²) in [5.74, 6) is 0.702. The summed E-state index contributed by atoms with van der Waals surface area (Å²) in [6.07, 6.45) is 0.768. The lowest BCUT2D eigenvalue weighted by Crippen LogP contribution is -2.48. The summed E-state index contributed by atoms with van der Waals surface area (Å²) in [5.41, 5.74) is 1.45. The maximum atomic E-state index is 13.6. The zero-order valence-corrected chi connectivity index (χ0v) is 21.6. The molecular weight excluding hydrogens is 479 g/mol. The Morgan fingerprint density at radius 2 is 1.89 bits per heavy atom. The van der Waals surface area contributed by atoms with Crippen molar-refractivity contribution in [3.8, 4) is 11.5 Å². The summed E-state index contributed by atoms with van der Waals surface area (Å²) in [7, 11) is 1.61. The summed E-state index contributed by atoms with van der Waals surface area (Å²) in [6.45, 7) is 5.21. The summed E-state index contributed by atoms with van der Waals surface area (Å²) < 4.78 is 24.8. The standard InChI is InChI=1S/C28H31FN2O4S/c1-19(2)16-30(28(33)20-7-9-21(29)10-8-20)17-27(32)31-13-11-26-24(12-14-36-26)25(31)18-35-23-6-4-5-22(15-23)34-3/h4-10,12,14-15,19,25H,11,13,16-18H2,1-3H3. The Bertz CT molecular complexity index is 1190. The van der Waals surface area contributed by atoms with Crippen molar-refractivity contribution in [2.45, 2.75) is 26.3 Å². The lowest BCUT2D eigenvalue weighted by atomic mass is 10.00. The molecule has 6 nitrogen and oxygen atoms in total. The highest BCUT2D eigenvalue weighted by atomic mass is 32.1. The van der Waals surface area contributed by atoms with Crippen LogP contribution in [0.1, 0.15) is 40.7 Å². The van der Waals surface area contributed by atoms with Gasteiger partial charge >= 0.3 is 0 Å². The predicted octanol–water partition coefficient (Wildman–Crippen LogP) is 5.20. The summed E-state index contributed by atoms with van der Waals surface area (Å²) in [4.78, 5) is 31.5. The Morgan fingerprint density at radius 1 is 1.14 bits per heavy atom. The van der Waals surface area contributed by atoms with Crippen molar-refractivity contribution in [1.82, 2.24) is 9.80 Å². The zero-order chi connectivity index (χ0) is 25.7. The molecule has 2 heterocycles. The molecule has 1 aromatic heterocycles. The number of thiophene rings is 1. The minimum absolute atomic E-state index is 0.0521. The zero-order valence-electron chi connectivity index (χ0n) is 20.8. The third-order valence-electron chi connectivity index (χ3n) is 6.15. The first-order chi connectivity index (χ1) is 17.4. The monoisotopic (exact) mass is 510 g/mol. The number of carbonyl (C=O) groups excluding carboxylic acids is 2. The molecule has 4 rings (SSSR count). The number of fused-ring (bicyclic) bond motifs is 1. The summed E-state index contributed by atoms with van der Waals surface area (Å²) >= 11 is 1.69. The van der Waals surface area contributed by atoms with Gasteiger partial charge < -0.3 is 19.3 Å². The van der Waals surface area contributed by atoms with Gasteiger partial charge in [0, 0.05) is 29.6 Å². The minimum Gasteiger partial charge on any atom is -0.497 e. The third-order valence-corrected chi connectivity index (χ3v) is 7.15. The van der Waals surface area contributed by atoms with Gasteiger partial charge in [-0.2, -0.15) is 0 Å². The molecule has 190 valence electrons. The Hall–Kier alpha value is -3.39. The van der Waals surface area contributed by atoms with Crippen LogP contribution in [0.4, 0.5) is 4.39 Å². The van der Waals surface area contributed by atoms with Gasteiger partial charge in [-0.25, -0.2) is 4.39 Å². The van der Waals surface area contributed by atoms with E-state index in [0.717, 1.165) is 12.0 Å². The maximum Gasteiger partial charge on any atom is 0.254 e. The van der Waals surface area contributed by atoms with Crippen LogP contribution < -0.4 is 9.47 Å². The third kappa shape index (κ3) is 6.05. The number of ether oxygens (including phenoxy) is 2. The molecule has 0 saturated heterocycles. The Balaban J connectivity index is 1.53. The van der Waals surface area contributed by atoms with Gasteiger partial charge in [0.2, 0.25) is 5.91 Å². The Morgan fingerprint density at radius 3 is 2.61 bits per heavy atom. The van der Waals surface area contributed by atoms with Crippen LogP contribution in [0.25, 0.3) is 0 Å². The molecule has 8 heteroatoms. The van der Waals surface area contributed by atoms with Crippen molar-refractivity contribution in [2.24, 2.45) is 5.92 Å². The van der Waals surface area contributed by atoms with Gasteiger partial charge in [0.05, 0.1) is 13.2 Å². The van der Waals surface area contributed by atoms with Gasteiger partial charge in [-0.3, -0.25) is 9.59 Å². The van der Waals surface area contributed by atoms with Crippen LogP contribution in [0.5, 0.6) is 11.5 Å². The minimum atomic E-state index is -0.406.